The molecule has 1 aliphatic heterocycles. The van der Waals surface area contributed by atoms with Crippen molar-refractivity contribution in [1.29, 1.82) is 0 Å². The van der Waals surface area contributed by atoms with Crippen LogP contribution in [0, 0.1) is 5.41 Å². The summed E-state index contributed by atoms with van der Waals surface area (Å²) in [6, 6.07) is 0. The van der Waals surface area contributed by atoms with Gasteiger partial charge in [-0.3, -0.25) is 4.79 Å². The standard InChI is InChI=1S/C14H27N3O4/c1-11(2)21-8-4-3-7-16-13(18)14(12(15)17-19)5-9-20-10-6-14/h11,19H,3-10H2,1-2H3,(H2,15,17)(H,16,18). The molecule has 1 heterocycles. The smallest absolute Gasteiger partial charge is 0.234 e. The minimum Gasteiger partial charge on any atom is -0.409 e. The minimum absolute atomic E-state index is 0.0357. The van der Waals surface area contributed by atoms with Crippen molar-refractivity contribution in [3.8, 4) is 0 Å². The maximum absolute atomic E-state index is 12.4. The highest BCUT2D eigenvalue weighted by molar-refractivity contribution is 6.06. The maximum Gasteiger partial charge on any atom is 0.234 e. The molecule has 0 unspecified atom stereocenters. The highest BCUT2D eigenvalue weighted by atomic mass is 16.5. The molecular formula is C14H27N3O4. The fraction of sp³-hybridized carbons (Fsp3) is 0.857. The molecule has 0 aromatic rings. The van der Waals surface area contributed by atoms with Crippen molar-refractivity contribution in [2.45, 2.75) is 45.6 Å². The molecule has 1 amide bonds. The highest BCUT2D eigenvalue weighted by Gasteiger charge is 2.44. The maximum atomic E-state index is 12.4. The molecule has 1 fully saturated rings. The van der Waals surface area contributed by atoms with E-state index in [1.54, 1.807) is 0 Å². The van der Waals surface area contributed by atoms with Gasteiger partial charge in [0.15, 0.2) is 5.84 Å². The highest BCUT2D eigenvalue weighted by Crippen LogP contribution is 2.31. The van der Waals surface area contributed by atoms with Crippen molar-refractivity contribution in [2.75, 3.05) is 26.4 Å². The van der Waals surface area contributed by atoms with E-state index in [0.717, 1.165) is 12.8 Å². The first-order valence-corrected chi connectivity index (χ1v) is 7.48. The van der Waals surface area contributed by atoms with E-state index in [1.165, 1.54) is 0 Å². The number of nitrogens with two attached hydrogens (primary N) is 1. The van der Waals surface area contributed by atoms with E-state index in [1.807, 2.05) is 13.8 Å². The summed E-state index contributed by atoms with van der Waals surface area (Å²) in [5.74, 6) is -0.225. The monoisotopic (exact) mass is 301 g/mol. The number of carbonyl (C=O) groups excluding carboxylic acids is 1. The third kappa shape index (κ3) is 5.17. The molecule has 0 aromatic carbocycles. The summed E-state index contributed by atoms with van der Waals surface area (Å²) in [6.45, 7) is 6.10. The summed E-state index contributed by atoms with van der Waals surface area (Å²) >= 11 is 0. The van der Waals surface area contributed by atoms with Crippen LogP contribution < -0.4 is 11.1 Å². The number of carbonyl (C=O) groups is 1. The first-order chi connectivity index (χ1) is 10.0. The fourth-order valence-corrected chi connectivity index (χ4v) is 2.33. The number of hydrogen-bond donors (Lipinski definition) is 3. The second kappa shape index (κ2) is 8.84. The molecule has 1 aliphatic rings. The lowest BCUT2D eigenvalue weighted by Crippen LogP contribution is -2.52. The number of nitrogens with one attached hydrogen (secondary N) is 1. The van der Waals surface area contributed by atoms with Crippen molar-refractivity contribution >= 4 is 11.7 Å². The Labute approximate surface area is 125 Å². The number of hydrogen-bond acceptors (Lipinski definition) is 5. The van der Waals surface area contributed by atoms with E-state index in [2.05, 4.69) is 10.5 Å². The molecule has 0 atom stereocenters. The second-order valence-electron chi connectivity index (χ2n) is 5.56. The SMILES string of the molecule is CC(C)OCCCCNC(=O)C1(C(N)=NO)CCOCC1. The summed E-state index contributed by atoms with van der Waals surface area (Å²) in [4.78, 5) is 12.4. The van der Waals surface area contributed by atoms with E-state index >= 15 is 0 Å². The predicted octanol–water partition coefficient (Wildman–Crippen LogP) is 0.851. The molecule has 0 radical (unpaired) electrons. The summed E-state index contributed by atoms with van der Waals surface area (Å²) in [7, 11) is 0. The first-order valence-electron chi connectivity index (χ1n) is 7.48. The van der Waals surface area contributed by atoms with Crippen molar-refractivity contribution < 1.29 is 19.5 Å². The summed E-state index contributed by atoms with van der Waals surface area (Å²) in [5.41, 5.74) is 4.79. The molecule has 0 spiro atoms. The third-order valence-electron chi connectivity index (χ3n) is 3.69. The Morgan fingerprint density at radius 2 is 2.10 bits per heavy atom. The van der Waals surface area contributed by atoms with Gasteiger partial charge in [0.25, 0.3) is 0 Å². The predicted molar refractivity (Wildman–Crippen MR) is 79.2 cm³/mol. The first kappa shape index (κ1) is 17.7. The number of unbranched alkanes of at least 4 members (excludes halogenated alkanes) is 1. The van der Waals surface area contributed by atoms with Crippen LogP contribution in [-0.2, 0) is 14.3 Å². The Balaban J connectivity index is 2.40. The number of oxime groups is 1. The van der Waals surface area contributed by atoms with Gasteiger partial charge in [0, 0.05) is 26.4 Å². The van der Waals surface area contributed by atoms with Gasteiger partial charge < -0.3 is 25.7 Å². The van der Waals surface area contributed by atoms with Gasteiger partial charge in [-0.1, -0.05) is 5.16 Å². The van der Waals surface area contributed by atoms with Gasteiger partial charge in [-0.25, -0.2) is 0 Å². The second-order valence-corrected chi connectivity index (χ2v) is 5.56. The van der Waals surface area contributed by atoms with Crippen molar-refractivity contribution in [2.24, 2.45) is 16.3 Å². The van der Waals surface area contributed by atoms with Crippen LogP contribution in [-0.4, -0.2) is 49.4 Å². The molecule has 0 aromatic heterocycles. The van der Waals surface area contributed by atoms with Crippen LogP contribution >= 0.6 is 0 Å². The van der Waals surface area contributed by atoms with Crippen LogP contribution in [0.2, 0.25) is 0 Å². The number of amidine groups is 1. The number of nitrogens with zero attached hydrogens (tertiary/aromatic N) is 1. The normalized spacial score (nSPS) is 18.7. The van der Waals surface area contributed by atoms with Gasteiger partial charge in [-0.15, -0.1) is 0 Å². The van der Waals surface area contributed by atoms with Gasteiger partial charge in [0.1, 0.15) is 5.41 Å². The molecule has 7 heteroatoms. The molecule has 7 nitrogen and oxygen atoms in total. The van der Waals surface area contributed by atoms with Crippen LogP contribution in [0.3, 0.4) is 0 Å². The lowest BCUT2D eigenvalue weighted by atomic mass is 9.78. The molecule has 122 valence electrons. The topological polar surface area (TPSA) is 106 Å². The van der Waals surface area contributed by atoms with E-state index in [9.17, 15) is 4.79 Å². The zero-order valence-corrected chi connectivity index (χ0v) is 12.9. The molecule has 0 aliphatic carbocycles. The van der Waals surface area contributed by atoms with Crippen molar-refractivity contribution in [3.05, 3.63) is 0 Å². The molecule has 0 bridgehead atoms. The Kier molecular flexibility index (Phi) is 7.45. The van der Waals surface area contributed by atoms with Crippen LogP contribution in [0.25, 0.3) is 0 Å². The Morgan fingerprint density at radius 3 is 2.67 bits per heavy atom. The van der Waals surface area contributed by atoms with Crippen molar-refractivity contribution in [1.82, 2.24) is 5.32 Å². The van der Waals surface area contributed by atoms with E-state index < -0.39 is 5.41 Å². The molecule has 0 saturated carbocycles. The molecule has 4 N–H and O–H groups in total. The average molecular weight is 301 g/mol. The third-order valence-corrected chi connectivity index (χ3v) is 3.69. The number of rotatable bonds is 8. The largest absolute Gasteiger partial charge is 0.409 e. The molecule has 1 rings (SSSR count). The molecule has 21 heavy (non-hydrogen) atoms. The summed E-state index contributed by atoms with van der Waals surface area (Å²) < 4.78 is 10.7. The van der Waals surface area contributed by atoms with Gasteiger partial charge in [0.05, 0.1) is 6.10 Å². The van der Waals surface area contributed by atoms with Crippen LogP contribution in [0.15, 0.2) is 5.16 Å². The van der Waals surface area contributed by atoms with E-state index in [0.29, 0.717) is 39.2 Å². The quantitative estimate of drug-likeness (QED) is 0.203. The number of ether oxygens (including phenoxy) is 2. The van der Waals surface area contributed by atoms with Crippen LogP contribution in [0.1, 0.15) is 39.5 Å². The van der Waals surface area contributed by atoms with Crippen LogP contribution in [0.4, 0.5) is 0 Å². The van der Waals surface area contributed by atoms with E-state index in [-0.39, 0.29) is 17.8 Å². The Morgan fingerprint density at radius 1 is 1.43 bits per heavy atom. The van der Waals surface area contributed by atoms with Gasteiger partial charge in [0.2, 0.25) is 5.91 Å². The van der Waals surface area contributed by atoms with Gasteiger partial charge >= 0.3 is 0 Å². The summed E-state index contributed by atoms with van der Waals surface area (Å²) in [6.07, 6.45) is 2.82. The summed E-state index contributed by atoms with van der Waals surface area (Å²) in [5, 5.41) is 14.8. The van der Waals surface area contributed by atoms with Crippen LogP contribution in [0.5, 0.6) is 0 Å². The number of amides is 1. The zero-order valence-electron chi connectivity index (χ0n) is 12.9. The Bertz CT molecular complexity index is 352. The van der Waals surface area contributed by atoms with E-state index in [4.69, 9.17) is 20.4 Å². The lowest BCUT2D eigenvalue weighted by molar-refractivity contribution is -0.131. The fourth-order valence-electron chi connectivity index (χ4n) is 2.33. The zero-order chi connectivity index (χ0) is 15.7. The molecule has 1 saturated heterocycles. The lowest BCUT2D eigenvalue weighted by Gasteiger charge is -2.34. The van der Waals surface area contributed by atoms with Crippen molar-refractivity contribution in [3.63, 3.8) is 0 Å². The van der Waals surface area contributed by atoms with Gasteiger partial charge in [-0.2, -0.15) is 0 Å². The average Bonchev–Trinajstić information content (AvgIpc) is 2.49. The van der Waals surface area contributed by atoms with Gasteiger partial charge in [-0.05, 0) is 39.5 Å². The molecular weight excluding hydrogens is 274 g/mol. The Hall–Kier alpha value is -1.34. The minimum atomic E-state index is -0.943.